The number of rotatable bonds is 6. The molecule has 0 radical (unpaired) electrons. The Balaban J connectivity index is 1.74. The Bertz CT molecular complexity index is 1190. The van der Waals surface area contributed by atoms with Crippen LogP contribution in [0.4, 0.5) is 5.82 Å². The van der Waals surface area contributed by atoms with Crippen LogP contribution in [0.1, 0.15) is 26.3 Å². The maximum Gasteiger partial charge on any atom is 0.332 e. The number of hydrogen-bond donors (Lipinski definition) is 1. The summed E-state index contributed by atoms with van der Waals surface area (Å²) in [5, 5.41) is 0. The molecule has 0 spiro atoms. The average Bonchev–Trinajstić information content (AvgIpc) is 2.75. The Kier molecular flexibility index (Phi) is 5.45. The molecule has 1 heterocycles. The molecule has 2 aromatic carbocycles. The van der Waals surface area contributed by atoms with Crippen LogP contribution >= 0.6 is 0 Å². The van der Waals surface area contributed by atoms with Crippen LogP contribution in [0.5, 0.6) is 5.75 Å². The Morgan fingerprint density at radius 1 is 0.897 bits per heavy atom. The molecule has 2 N–H and O–H groups in total. The Morgan fingerprint density at radius 3 is 2.10 bits per heavy atom. The third-order valence-corrected chi connectivity index (χ3v) is 4.51. The monoisotopic (exact) mass is 393 g/mol. The van der Waals surface area contributed by atoms with Crippen molar-refractivity contribution in [1.29, 1.82) is 0 Å². The Hall–Kier alpha value is -3.94. The molecule has 0 saturated carbocycles. The fourth-order valence-electron chi connectivity index (χ4n) is 2.80. The molecule has 0 bridgehead atoms. The second-order valence-corrected chi connectivity index (χ2v) is 6.40. The zero-order chi connectivity index (χ0) is 21.1. The van der Waals surface area contributed by atoms with Gasteiger partial charge in [0.25, 0.3) is 5.56 Å². The van der Waals surface area contributed by atoms with Crippen LogP contribution in [-0.2, 0) is 14.1 Å². The summed E-state index contributed by atoms with van der Waals surface area (Å²) in [6.07, 6.45) is 0. The Labute approximate surface area is 165 Å². The van der Waals surface area contributed by atoms with E-state index in [-0.39, 0.29) is 17.2 Å². The van der Waals surface area contributed by atoms with Crippen molar-refractivity contribution in [2.45, 2.75) is 0 Å². The van der Waals surface area contributed by atoms with Crippen molar-refractivity contribution in [1.82, 2.24) is 9.13 Å². The van der Waals surface area contributed by atoms with Crippen molar-refractivity contribution in [3.63, 3.8) is 0 Å². The minimum Gasteiger partial charge on any atom is -0.485 e. The highest BCUT2D eigenvalue weighted by Crippen LogP contribution is 2.16. The summed E-state index contributed by atoms with van der Waals surface area (Å²) in [6.45, 7) is -0.441. The van der Waals surface area contributed by atoms with Crippen molar-refractivity contribution < 1.29 is 14.3 Å². The van der Waals surface area contributed by atoms with Gasteiger partial charge in [0.2, 0.25) is 5.78 Å². The van der Waals surface area contributed by atoms with Crippen LogP contribution in [0, 0.1) is 0 Å². The van der Waals surface area contributed by atoms with E-state index < -0.39 is 23.6 Å². The van der Waals surface area contributed by atoms with Crippen LogP contribution in [0.3, 0.4) is 0 Å². The number of ketones is 2. The van der Waals surface area contributed by atoms with E-state index in [1.807, 2.05) is 6.07 Å². The fourth-order valence-corrected chi connectivity index (χ4v) is 2.80. The van der Waals surface area contributed by atoms with Gasteiger partial charge < -0.3 is 10.5 Å². The molecule has 3 aromatic rings. The summed E-state index contributed by atoms with van der Waals surface area (Å²) in [5.41, 5.74) is 5.11. The van der Waals surface area contributed by atoms with Gasteiger partial charge in [0, 0.05) is 25.2 Å². The average molecular weight is 393 g/mol. The van der Waals surface area contributed by atoms with E-state index in [1.54, 1.807) is 48.5 Å². The number of ether oxygens (including phenoxy) is 1. The molecule has 0 fully saturated rings. The molecular formula is C21H19N3O5. The lowest BCUT2D eigenvalue weighted by Crippen LogP contribution is -2.42. The zero-order valence-corrected chi connectivity index (χ0v) is 15.9. The molecule has 29 heavy (non-hydrogen) atoms. The largest absolute Gasteiger partial charge is 0.485 e. The highest BCUT2D eigenvalue weighted by Gasteiger charge is 2.20. The van der Waals surface area contributed by atoms with E-state index in [0.29, 0.717) is 16.9 Å². The number of hydrogen-bond acceptors (Lipinski definition) is 6. The van der Waals surface area contributed by atoms with Crippen LogP contribution < -0.4 is 21.7 Å². The fraction of sp³-hybridized carbons (Fsp3) is 0.143. The minimum atomic E-state index is -0.775. The second-order valence-electron chi connectivity index (χ2n) is 6.40. The number of carbonyl (C=O) groups excluding carboxylic acids is 2. The van der Waals surface area contributed by atoms with E-state index >= 15 is 0 Å². The number of anilines is 1. The topological polar surface area (TPSA) is 113 Å². The normalized spacial score (nSPS) is 10.6. The number of carbonyl (C=O) groups is 2. The number of nitrogens with zero attached hydrogens (tertiary/aromatic N) is 2. The van der Waals surface area contributed by atoms with Gasteiger partial charge in [-0.05, 0) is 24.3 Å². The third-order valence-electron chi connectivity index (χ3n) is 4.51. The third kappa shape index (κ3) is 3.86. The molecule has 0 unspecified atom stereocenters. The predicted molar refractivity (Wildman–Crippen MR) is 107 cm³/mol. The smallest absolute Gasteiger partial charge is 0.332 e. The van der Waals surface area contributed by atoms with E-state index in [2.05, 4.69) is 0 Å². The van der Waals surface area contributed by atoms with Crippen molar-refractivity contribution in [2.75, 3.05) is 12.3 Å². The number of Topliss-reactive ketones (excluding diaryl/α,β-unsaturated/α-hetero) is 1. The van der Waals surface area contributed by atoms with Crippen LogP contribution in [-0.4, -0.2) is 27.3 Å². The summed E-state index contributed by atoms with van der Waals surface area (Å²) in [5.74, 6) is -0.642. The van der Waals surface area contributed by atoms with Crippen molar-refractivity contribution in [3.05, 3.63) is 92.1 Å². The van der Waals surface area contributed by atoms with Gasteiger partial charge >= 0.3 is 5.69 Å². The molecule has 0 atom stereocenters. The Morgan fingerprint density at radius 2 is 1.48 bits per heavy atom. The lowest BCUT2D eigenvalue weighted by Gasteiger charge is -2.11. The summed E-state index contributed by atoms with van der Waals surface area (Å²) in [4.78, 5) is 48.9. The summed E-state index contributed by atoms with van der Waals surface area (Å²) in [7, 11) is 2.64. The van der Waals surface area contributed by atoms with Crippen molar-refractivity contribution in [2.24, 2.45) is 14.1 Å². The minimum absolute atomic E-state index is 0.130. The molecule has 0 aliphatic carbocycles. The van der Waals surface area contributed by atoms with Gasteiger partial charge in [-0.3, -0.25) is 23.5 Å². The number of nitrogen functional groups attached to an aromatic ring is 1. The molecule has 0 saturated heterocycles. The van der Waals surface area contributed by atoms with Gasteiger partial charge in [0.15, 0.2) is 12.4 Å². The highest BCUT2D eigenvalue weighted by molar-refractivity contribution is 6.09. The maximum absolute atomic E-state index is 12.4. The number of nitrogens with two attached hydrogens (primary N) is 1. The van der Waals surface area contributed by atoms with Crippen LogP contribution in [0.25, 0.3) is 0 Å². The maximum atomic E-state index is 12.4. The zero-order valence-electron chi connectivity index (χ0n) is 15.9. The standard InChI is InChI=1S/C21H19N3O5/c1-23-19(22)17(20(27)24(2)21(23)28)16(25)12-29-15-10-8-14(9-11-15)18(26)13-6-4-3-5-7-13/h3-11H,12,22H2,1-2H3. The summed E-state index contributed by atoms with van der Waals surface area (Å²) < 4.78 is 7.27. The van der Waals surface area contributed by atoms with Crippen molar-refractivity contribution >= 4 is 17.4 Å². The molecule has 0 amide bonds. The van der Waals surface area contributed by atoms with E-state index in [9.17, 15) is 19.2 Å². The molecular weight excluding hydrogens is 374 g/mol. The van der Waals surface area contributed by atoms with E-state index in [0.717, 1.165) is 9.13 Å². The van der Waals surface area contributed by atoms with Gasteiger partial charge in [0.1, 0.15) is 17.1 Å². The molecule has 8 heteroatoms. The lowest BCUT2D eigenvalue weighted by atomic mass is 10.0. The van der Waals surface area contributed by atoms with E-state index in [4.69, 9.17) is 10.5 Å². The van der Waals surface area contributed by atoms with Crippen molar-refractivity contribution in [3.8, 4) is 5.75 Å². The van der Waals surface area contributed by atoms with Gasteiger partial charge in [-0.25, -0.2) is 4.79 Å². The molecule has 8 nitrogen and oxygen atoms in total. The quantitative estimate of drug-likeness (QED) is 0.629. The SMILES string of the molecule is Cn1c(N)c(C(=O)COc2ccc(C(=O)c3ccccc3)cc2)c(=O)n(C)c1=O. The lowest BCUT2D eigenvalue weighted by molar-refractivity contribution is 0.0918. The molecule has 0 aliphatic heterocycles. The van der Waals surface area contributed by atoms with Gasteiger partial charge in [-0.1, -0.05) is 30.3 Å². The summed E-state index contributed by atoms with van der Waals surface area (Å²) in [6, 6.07) is 15.2. The van der Waals surface area contributed by atoms with Crippen LogP contribution in [0.2, 0.25) is 0 Å². The van der Waals surface area contributed by atoms with Gasteiger partial charge in [-0.15, -0.1) is 0 Å². The summed E-state index contributed by atoms with van der Waals surface area (Å²) >= 11 is 0. The first-order valence-corrected chi connectivity index (χ1v) is 8.72. The first-order valence-electron chi connectivity index (χ1n) is 8.72. The first kappa shape index (κ1) is 19.8. The highest BCUT2D eigenvalue weighted by atomic mass is 16.5. The van der Waals surface area contributed by atoms with Gasteiger partial charge in [-0.2, -0.15) is 0 Å². The molecule has 3 rings (SSSR count). The number of benzene rings is 2. The number of aromatic nitrogens is 2. The van der Waals surface area contributed by atoms with E-state index in [1.165, 1.54) is 14.1 Å². The van der Waals surface area contributed by atoms with Gasteiger partial charge in [0.05, 0.1) is 0 Å². The first-order chi connectivity index (χ1) is 13.8. The predicted octanol–water partition coefficient (Wildman–Crippen LogP) is 1.16. The second kappa shape index (κ2) is 7.97. The molecule has 0 aliphatic rings. The molecule has 148 valence electrons. The van der Waals surface area contributed by atoms with Crippen LogP contribution in [0.15, 0.2) is 64.2 Å². The molecule has 1 aromatic heterocycles.